The van der Waals surface area contributed by atoms with Gasteiger partial charge in [0.2, 0.25) is 11.9 Å². The van der Waals surface area contributed by atoms with Gasteiger partial charge in [0.25, 0.3) is 0 Å². The zero-order valence-electron chi connectivity index (χ0n) is 12.5. The maximum atomic E-state index is 12.6. The predicted molar refractivity (Wildman–Crippen MR) is 87.4 cm³/mol. The molecule has 0 radical (unpaired) electrons. The number of anilines is 2. The molecule has 1 atom stereocenters. The topological polar surface area (TPSA) is 88.8 Å². The summed E-state index contributed by atoms with van der Waals surface area (Å²) in [5, 5.41) is 13.5. The lowest BCUT2D eigenvalue weighted by Crippen LogP contribution is -2.40. The first-order chi connectivity index (χ1) is 11.2. The van der Waals surface area contributed by atoms with Gasteiger partial charge in [-0.05, 0) is 24.3 Å². The van der Waals surface area contributed by atoms with Gasteiger partial charge in [0.1, 0.15) is 29.3 Å². The summed E-state index contributed by atoms with van der Waals surface area (Å²) >= 11 is 1.58. The van der Waals surface area contributed by atoms with Crippen molar-refractivity contribution >= 4 is 39.2 Å². The number of fused-ring (bicyclic) bond motifs is 1. The van der Waals surface area contributed by atoms with E-state index in [4.69, 9.17) is 0 Å². The van der Waals surface area contributed by atoms with Crippen LogP contribution in [0.4, 0.5) is 11.8 Å². The number of rotatable bonds is 3. The van der Waals surface area contributed by atoms with Gasteiger partial charge in [0, 0.05) is 13.6 Å². The van der Waals surface area contributed by atoms with Crippen LogP contribution in [0, 0.1) is 0 Å². The van der Waals surface area contributed by atoms with Crippen molar-refractivity contribution in [2.45, 2.75) is 18.9 Å². The summed E-state index contributed by atoms with van der Waals surface area (Å²) in [7, 11) is 1.79. The highest BCUT2D eigenvalue weighted by molar-refractivity contribution is 7.16. The molecular formula is C14H15N7OS. The van der Waals surface area contributed by atoms with Crippen LogP contribution in [0.3, 0.4) is 0 Å². The summed E-state index contributed by atoms with van der Waals surface area (Å²) in [5.74, 6) is 1.19. The molecule has 1 unspecified atom stereocenters. The summed E-state index contributed by atoms with van der Waals surface area (Å²) in [6, 6.07) is 1.75. The Balaban J connectivity index is 1.63. The molecule has 9 heteroatoms. The van der Waals surface area contributed by atoms with E-state index in [0.29, 0.717) is 5.95 Å². The van der Waals surface area contributed by atoms with Gasteiger partial charge in [-0.25, -0.2) is 9.97 Å². The van der Waals surface area contributed by atoms with Crippen LogP contribution in [0.2, 0.25) is 0 Å². The summed E-state index contributed by atoms with van der Waals surface area (Å²) in [5.41, 5.74) is 0. The van der Waals surface area contributed by atoms with E-state index in [1.807, 2.05) is 11.4 Å². The zero-order valence-corrected chi connectivity index (χ0v) is 13.3. The standard InChI is InChI=1S/C14H15N7OS/c1-20-8-17-19-14(20)18-12(22)10-3-2-5-21(10)11-9-4-6-23-13(9)16-7-15-11/h4,6-8,10H,2-3,5H2,1H3,(H,18,19,22). The molecule has 0 spiro atoms. The molecule has 3 aromatic rings. The van der Waals surface area contributed by atoms with Gasteiger partial charge < -0.3 is 9.47 Å². The van der Waals surface area contributed by atoms with Crippen LogP contribution in [0.5, 0.6) is 0 Å². The van der Waals surface area contributed by atoms with E-state index in [0.717, 1.165) is 35.4 Å². The quantitative estimate of drug-likeness (QED) is 0.782. The number of carbonyl (C=O) groups is 1. The number of aromatic nitrogens is 5. The zero-order chi connectivity index (χ0) is 15.8. The lowest BCUT2D eigenvalue weighted by molar-refractivity contribution is -0.117. The number of carbonyl (C=O) groups excluding carboxylic acids is 1. The Labute approximate surface area is 136 Å². The van der Waals surface area contributed by atoms with Crippen molar-refractivity contribution in [1.29, 1.82) is 0 Å². The number of aryl methyl sites for hydroxylation is 1. The lowest BCUT2D eigenvalue weighted by Gasteiger charge is -2.25. The molecule has 1 aliphatic rings. The first-order valence-electron chi connectivity index (χ1n) is 7.34. The second-order valence-electron chi connectivity index (χ2n) is 5.44. The molecule has 1 N–H and O–H groups in total. The Morgan fingerprint density at radius 1 is 1.43 bits per heavy atom. The van der Waals surface area contributed by atoms with Crippen molar-refractivity contribution in [2.24, 2.45) is 7.05 Å². The molecule has 0 aromatic carbocycles. The van der Waals surface area contributed by atoms with Crippen molar-refractivity contribution in [1.82, 2.24) is 24.7 Å². The molecular weight excluding hydrogens is 314 g/mol. The van der Waals surface area contributed by atoms with Crippen molar-refractivity contribution in [3.63, 3.8) is 0 Å². The van der Waals surface area contributed by atoms with Crippen LogP contribution in [0.1, 0.15) is 12.8 Å². The van der Waals surface area contributed by atoms with E-state index < -0.39 is 0 Å². The Bertz CT molecular complexity index is 858. The number of hydrogen-bond acceptors (Lipinski definition) is 7. The van der Waals surface area contributed by atoms with Gasteiger partial charge in [-0.1, -0.05) is 0 Å². The maximum absolute atomic E-state index is 12.6. The van der Waals surface area contributed by atoms with Gasteiger partial charge in [-0.15, -0.1) is 21.5 Å². The molecule has 3 aromatic heterocycles. The predicted octanol–water partition coefficient (Wildman–Crippen LogP) is 1.43. The van der Waals surface area contributed by atoms with E-state index in [1.54, 1.807) is 35.6 Å². The fourth-order valence-electron chi connectivity index (χ4n) is 2.89. The molecule has 0 bridgehead atoms. The Morgan fingerprint density at radius 2 is 2.35 bits per heavy atom. The Morgan fingerprint density at radius 3 is 3.17 bits per heavy atom. The smallest absolute Gasteiger partial charge is 0.249 e. The van der Waals surface area contributed by atoms with Crippen molar-refractivity contribution in [3.8, 4) is 0 Å². The number of hydrogen-bond donors (Lipinski definition) is 1. The molecule has 1 amide bonds. The van der Waals surface area contributed by atoms with E-state index in [2.05, 4.69) is 30.4 Å². The fourth-order valence-corrected chi connectivity index (χ4v) is 3.62. The largest absolute Gasteiger partial charge is 0.344 e. The minimum atomic E-state index is -0.260. The number of nitrogens with one attached hydrogen (secondary N) is 1. The minimum absolute atomic E-state index is 0.0828. The molecule has 0 aliphatic carbocycles. The highest BCUT2D eigenvalue weighted by Crippen LogP contribution is 2.31. The van der Waals surface area contributed by atoms with Gasteiger partial charge in [0.05, 0.1) is 5.39 Å². The van der Waals surface area contributed by atoms with E-state index in [9.17, 15) is 4.79 Å². The average molecular weight is 329 g/mol. The summed E-state index contributed by atoms with van der Waals surface area (Å²) in [6.07, 6.45) is 4.86. The minimum Gasteiger partial charge on any atom is -0.344 e. The summed E-state index contributed by atoms with van der Waals surface area (Å²) in [6.45, 7) is 0.804. The van der Waals surface area contributed by atoms with Crippen molar-refractivity contribution < 1.29 is 4.79 Å². The monoisotopic (exact) mass is 329 g/mol. The lowest BCUT2D eigenvalue weighted by atomic mass is 10.2. The highest BCUT2D eigenvalue weighted by Gasteiger charge is 2.33. The molecule has 4 heterocycles. The van der Waals surface area contributed by atoms with Gasteiger partial charge >= 0.3 is 0 Å². The third-order valence-electron chi connectivity index (χ3n) is 4.01. The van der Waals surface area contributed by atoms with Crippen LogP contribution in [-0.2, 0) is 11.8 Å². The first-order valence-corrected chi connectivity index (χ1v) is 8.22. The molecule has 1 aliphatic heterocycles. The third kappa shape index (κ3) is 2.42. The van der Waals surface area contributed by atoms with Crippen molar-refractivity contribution in [2.75, 3.05) is 16.8 Å². The Kier molecular flexibility index (Phi) is 3.41. The van der Waals surface area contributed by atoms with Gasteiger partial charge in [0.15, 0.2) is 0 Å². The number of amides is 1. The maximum Gasteiger partial charge on any atom is 0.249 e. The van der Waals surface area contributed by atoms with E-state index in [-0.39, 0.29) is 11.9 Å². The average Bonchev–Trinajstić information content (AvgIpc) is 3.27. The molecule has 0 saturated carbocycles. The summed E-state index contributed by atoms with van der Waals surface area (Å²) < 4.78 is 1.68. The van der Waals surface area contributed by atoms with E-state index >= 15 is 0 Å². The molecule has 1 fully saturated rings. The van der Waals surface area contributed by atoms with Crippen LogP contribution < -0.4 is 10.2 Å². The normalized spacial score (nSPS) is 17.8. The van der Waals surface area contributed by atoms with Crippen molar-refractivity contribution in [3.05, 3.63) is 24.1 Å². The first kappa shape index (κ1) is 14.1. The van der Waals surface area contributed by atoms with Crippen LogP contribution in [0.25, 0.3) is 10.2 Å². The third-order valence-corrected chi connectivity index (χ3v) is 4.84. The molecule has 23 heavy (non-hydrogen) atoms. The van der Waals surface area contributed by atoms with Crippen LogP contribution in [-0.4, -0.2) is 43.2 Å². The molecule has 8 nitrogen and oxygen atoms in total. The highest BCUT2D eigenvalue weighted by atomic mass is 32.1. The van der Waals surface area contributed by atoms with Crippen LogP contribution >= 0.6 is 11.3 Å². The fraction of sp³-hybridized carbons (Fsp3) is 0.357. The summed E-state index contributed by atoms with van der Waals surface area (Å²) in [4.78, 5) is 24.3. The van der Waals surface area contributed by atoms with Gasteiger partial charge in [-0.3, -0.25) is 10.1 Å². The number of thiophene rings is 1. The molecule has 4 rings (SSSR count). The Hall–Kier alpha value is -2.55. The molecule has 1 saturated heterocycles. The molecule has 118 valence electrons. The van der Waals surface area contributed by atoms with E-state index in [1.165, 1.54) is 0 Å². The second-order valence-corrected chi connectivity index (χ2v) is 6.34. The number of nitrogens with zero attached hydrogens (tertiary/aromatic N) is 6. The van der Waals surface area contributed by atoms with Gasteiger partial charge in [-0.2, -0.15) is 0 Å². The van der Waals surface area contributed by atoms with Crippen LogP contribution in [0.15, 0.2) is 24.1 Å². The second kappa shape index (κ2) is 5.58. The SMILES string of the molecule is Cn1cnnc1NC(=O)C1CCCN1c1ncnc2sccc12.